The number of nitrogens with zero attached hydrogens (tertiary/aromatic N) is 7. The lowest BCUT2D eigenvalue weighted by Crippen LogP contribution is -2.52. The number of hydrogen-bond donors (Lipinski definition) is 0. The van der Waals surface area contributed by atoms with Crippen molar-refractivity contribution in [2.45, 2.75) is 78.3 Å². The largest absolute Gasteiger partial charge is 0.456 e. The van der Waals surface area contributed by atoms with Crippen molar-refractivity contribution < 1.29 is 23.7 Å². The minimum Gasteiger partial charge on any atom is -0.456 e. The molecule has 0 radical (unpaired) electrons. The number of imidazole rings is 1. The minimum absolute atomic E-state index is 0.225. The second-order valence-corrected chi connectivity index (χ2v) is 20.5. The predicted molar refractivity (Wildman–Crippen MR) is 192 cm³/mol. The summed E-state index contributed by atoms with van der Waals surface area (Å²) in [5, 5.41) is 4.89. The molecule has 4 heterocycles. The van der Waals surface area contributed by atoms with E-state index in [1.165, 1.54) is 0 Å². The van der Waals surface area contributed by atoms with Crippen molar-refractivity contribution in [3.8, 4) is 22.8 Å². The molecule has 0 bridgehead atoms. The average Bonchev–Trinajstić information content (AvgIpc) is 3.63. The van der Waals surface area contributed by atoms with Gasteiger partial charge in [-0.3, -0.25) is 14.6 Å². The number of benzene rings is 2. The van der Waals surface area contributed by atoms with Crippen molar-refractivity contribution in [3.63, 3.8) is 0 Å². The van der Waals surface area contributed by atoms with Crippen molar-refractivity contribution in [3.05, 3.63) is 59.8 Å². The van der Waals surface area contributed by atoms with Gasteiger partial charge in [-0.2, -0.15) is 5.10 Å². The number of rotatable bonds is 10. The molecule has 1 amide bonds. The number of fused-ring (bicyclic) bond motifs is 2. The summed E-state index contributed by atoms with van der Waals surface area (Å²) in [4.78, 5) is 28.7. The van der Waals surface area contributed by atoms with Crippen molar-refractivity contribution in [1.29, 1.82) is 0 Å². The maximum Gasteiger partial charge on any atom is 0.410 e. The van der Waals surface area contributed by atoms with E-state index in [4.69, 9.17) is 40.5 Å². The van der Waals surface area contributed by atoms with Gasteiger partial charge in [-0.15, -0.1) is 0 Å². The van der Waals surface area contributed by atoms with Gasteiger partial charge in [0.25, 0.3) is 0 Å². The van der Waals surface area contributed by atoms with E-state index in [2.05, 4.69) is 34.3 Å². The highest BCUT2D eigenvalue weighted by molar-refractivity contribution is 6.76. The van der Waals surface area contributed by atoms with Gasteiger partial charge in [0, 0.05) is 39.1 Å². The number of carbonyl (C=O) groups excluding carboxylic acids is 1. The first kappa shape index (κ1) is 34.8. The quantitative estimate of drug-likeness (QED) is 0.107. The molecular formula is C35H44ClN7O5Si. The van der Waals surface area contributed by atoms with Crippen LogP contribution in [0, 0.1) is 6.92 Å². The molecule has 0 aliphatic carbocycles. The van der Waals surface area contributed by atoms with Crippen LogP contribution in [0.1, 0.15) is 26.6 Å². The van der Waals surface area contributed by atoms with E-state index in [1.54, 1.807) is 28.0 Å². The second-order valence-electron chi connectivity index (χ2n) is 14.5. The zero-order valence-corrected chi connectivity index (χ0v) is 31.0. The van der Waals surface area contributed by atoms with Gasteiger partial charge in [-0.1, -0.05) is 31.2 Å². The highest BCUT2D eigenvalue weighted by atomic mass is 35.5. The van der Waals surface area contributed by atoms with Crippen LogP contribution in [0.2, 0.25) is 30.7 Å². The Morgan fingerprint density at radius 1 is 1.10 bits per heavy atom. The van der Waals surface area contributed by atoms with Crippen molar-refractivity contribution in [1.82, 2.24) is 34.2 Å². The smallest absolute Gasteiger partial charge is 0.410 e. The number of morpholine rings is 1. The first-order valence-corrected chi connectivity index (χ1v) is 20.6. The van der Waals surface area contributed by atoms with Crippen LogP contribution in [0.5, 0.6) is 11.5 Å². The van der Waals surface area contributed by atoms with E-state index in [-0.39, 0.29) is 12.1 Å². The molecule has 0 spiro atoms. The highest BCUT2D eigenvalue weighted by Crippen LogP contribution is 2.36. The van der Waals surface area contributed by atoms with Crippen LogP contribution in [-0.2, 0) is 27.5 Å². The lowest BCUT2D eigenvalue weighted by molar-refractivity contribution is -0.0365. The van der Waals surface area contributed by atoms with Crippen LogP contribution in [-0.4, -0.2) is 86.4 Å². The number of halogens is 1. The number of hydrogen-bond acceptors (Lipinski definition) is 9. The Kier molecular flexibility index (Phi) is 9.99. The summed E-state index contributed by atoms with van der Waals surface area (Å²) >= 11 is 6.91. The van der Waals surface area contributed by atoms with E-state index in [1.807, 2.05) is 58.2 Å². The normalized spacial score (nSPS) is 15.7. The molecular weight excluding hydrogens is 662 g/mol. The van der Waals surface area contributed by atoms with Gasteiger partial charge < -0.3 is 23.5 Å². The zero-order valence-electron chi connectivity index (χ0n) is 29.2. The van der Waals surface area contributed by atoms with Gasteiger partial charge in [0.05, 0.1) is 60.4 Å². The van der Waals surface area contributed by atoms with Crippen LogP contribution in [0.4, 0.5) is 4.79 Å². The van der Waals surface area contributed by atoms with E-state index in [9.17, 15) is 4.79 Å². The molecule has 6 rings (SSSR count). The molecule has 3 aromatic heterocycles. The van der Waals surface area contributed by atoms with Crippen molar-refractivity contribution in [2.75, 3.05) is 26.4 Å². The summed E-state index contributed by atoms with van der Waals surface area (Å²) in [5.41, 5.74) is 3.73. The Morgan fingerprint density at radius 2 is 1.90 bits per heavy atom. The third kappa shape index (κ3) is 8.40. The molecule has 0 saturated carbocycles. The Bertz CT molecular complexity index is 1970. The number of ether oxygens (including phenoxy) is 4. The van der Waals surface area contributed by atoms with Gasteiger partial charge in [0.15, 0.2) is 0 Å². The molecule has 1 aliphatic heterocycles. The SMILES string of the molecule is Cc1nc2ccc(Oc3ccc4ncc(-c5cnn(CC6COCCN6C(=O)OC(C)(C)C)c5)nc4c3Cl)cc2n1COCC[Si](C)(C)C. The molecule has 1 unspecified atom stereocenters. The molecule has 260 valence electrons. The molecule has 0 N–H and O–H groups in total. The van der Waals surface area contributed by atoms with Crippen LogP contribution < -0.4 is 4.74 Å². The Morgan fingerprint density at radius 3 is 2.67 bits per heavy atom. The van der Waals surface area contributed by atoms with Gasteiger partial charge in [0.2, 0.25) is 0 Å². The average molecular weight is 706 g/mol. The van der Waals surface area contributed by atoms with Gasteiger partial charge in [0.1, 0.15) is 40.2 Å². The number of aryl methyl sites for hydroxylation is 1. The fourth-order valence-corrected chi connectivity index (χ4v) is 6.53. The zero-order chi connectivity index (χ0) is 34.9. The summed E-state index contributed by atoms with van der Waals surface area (Å²) in [6.07, 6.45) is 4.94. The van der Waals surface area contributed by atoms with Gasteiger partial charge >= 0.3 is 6.09 Å². The van der Waals surface area contributed by atoms with Crippen LogP contribution in [0.25, 0.3) is 33.3 Å². The van der Waals surface area contributed by atoms with E-state index in [0.717, 1.165) is 35.1 Å². The minimum atomic E-state index is -1.18. The summed E-state index contributed by atoms with van der Waals surface area (Å²) in [7, 11) is -1.18. The standard InChI is InChI=1S/C35H44ClN7O5Si/c1-23-39-27-9-8-26(16-30(27)43(23)22-46-14-15-49(5,6)7)47-31-11-10-28-33(32(31)36)40-29(18-37-28)24-17-38-41(19-24)20-25-21-45-13-12-42(25)34(44)48-35(2,3)4/h8-11,16-19,25H,12-15,20-22H2,1-7H3. The summed E-state index contributed by atoms with van der Waals surface area (Å²) in [5.74, 6) is 1.96. The highest BCUT2D eigenvalue weighted by Gasteiger charge is 2.31. The fraction of sp³-hybridized carbons (Fsp3) is 0.457. The third-order valence-electron chi connectivity index (χ3n) is 8.16. The first-order chi connectivity index (χ1) is 23.2. The Hall–Kier alpha value is -4.04. The number of carbonyl (C=O) groups is 1. The van der Waals surface area contributed by atoms with E-state index < -0.39 is 13.7 Å². The van der Waals surface area contributed by atoms with Crippen LogP contribution >= 0.6 is 11.6 Å². The fourth-order valence-electron chi connectivity index (χ4n) is 5.53. The topological polar surface area (TPSA) is 119 Å². The molecule has 1 fully saturated rings. The lowest BCUT2D eigenvalue weighted by atomic mass is 10.2. The predicted octanol–water partition coefficient (Wildman–Crippen LogP) is 7.55. The number of aromatic nitrogens is 6. The number of amides is 1. The van der Waals surface area contributed by atoms with Crippen molar-refractivity contribution in [2.24, 2.45) is 0 Å². The Labute approximate surface area is 292 Å². The molecule has 14 heteroatoms. The monoisotopic (exact) mass is 705 g/mol. The summed E-state index contributed by atoms with van der Waals surface area (Å²) < 4.78 is 27.5. The molecule has 12 nitrogen and oxygen atoms in total. The maximum atomic E-state index is 12.9. The summed E-state index contributed by atoms with van der Waals surface area (Å²) in [6, 6.07) is 10.3. The van der Waals surface area contributed by atoms with Gasteiger partial charge in [-0.05, 0) is 58.0 Å². The molecule has 1 aliphatic rings. The van der Waals surface area contributed by atoms with E-state index in [0.29, 0.717) is 66.3 Å². The van der Waals surface area contributed by atoms with Gasteiger partial charge in [-0.25, -0.2) is 14.8 Å². The Balaban J connectivity index is 1.19. The molecule has 5 aromatic rings. The molecule has 1 atom stereocenters. The van der Waals surface area contributed by atoms with Crippen molar-refractivity contribution >= 4 is 47.8 Å². The molecule has 49 heavy (non-hydrogen) atoms. The maximum absolute atomic E-state index is 12.9. The van der Waals surface area contributed by atoms with E-state index >= 15 is 0 Å². The van der Waals surface area contributed by atoms with Crippen LogP contribution in [0.3, 0.4) is 0 Å². The van der Waals surface area contributed by atoms with Crippen LogP contribution in [0.15, 0.2) is 48.9 Å². The summed E-state index contributed by atoms with van der Waals surface area (Å²) in [6.45, 7) is 17.5. The first-order valence-electron chi connectivity index (χ1n) is 16.5. The third-order valence-corrected chi connectivity index (χ3v) is 10.2. The second kappa shape index (κ2) is 14.1. The lowest BCUT2D eigenvalue weighted by Gasteiger charge is -2.36. The molecule has 2 aromatic carbocycles. The molecule has 1 saturated heterocycles.